The van der Waals surface area contributed by atoms with Crippen molar-refractivity contribution in [1.82, 2.24) is 19.3 Å². The number of rotatable bonds is 3. The van der Waals surface area contributed by atoms with Crippen molar-refractivity contribution in [3.05, 3.63) is 42.4 Å². The normalized spacial score (nSPS) is 15.3. The minimum atomic E-state index is -0.127. The maximum atomic E-state index is 12.5. The van der Waals surface area contributed by atoms with Crippen LogP contribution in [0.25, 0.3) is 11.0 Å². The highest BCUT2D eigenvalue weighted by atomic mass is 16.1. The predicted molar refractivity (Wildman–Crippen MR) is 88.4 cm³/mol. The lowest BCUT2D eigenvalue weighted by Gasteiger charge is -2.14. The summed E-state index contributed by atoms with van der Waals surface area (Å²) >= 11 is 0. The van der Waals surface area contributed by atoms with E-state index >= 15 is 0 Å². The molecule has 6 heteroatoms. The van der Waals surface area contributed by atoms with Crippen LogP contribution in [-0.2, 0) is 7.05 Å². The predicted octanol–water partition coefficient (Wildman–Crippen LogP) is 3.14. The van der Waals surface area contributed by atoms with E-state index in [0.29, 0.717) is 11.6 Å². The largest absolute Gasteiger partial charge is 0.334 e. The molecule has 118 valence electrons. The Hall–Kier alpha value is -2.63. The maximum absolute atomic E-state index is 12.5. The fourth-order valence-electron chi connectivity index (χ4n) is 3.32. The van der Waals surface area contributed by atoms with E-state index in [0.717, 1.165) is 29.7 Å². The van der Waals surface area contributed by atoms with Crippen LogP contribution in [0, 0.1) is 0 Å². The fraction of sp³-hybridized carbons (Fsp3) is 0.353. The van der Waals surface area contributed by atoms with Crippen molar-refractivity contribution in [3.8, 4) is 0 Å². The van der Waals surface area contributed by atoms with E-state index in [4.69, 9.17) is 0 Å². The summed E-state index contributed by atoms with van der Waals surface area (Å²) in [6.07, 6.45) is 8.22. The SMILES string of the molecule is Cn1cnc2cc(C(=O)Nc3ccnn3C3CCCC3)ccc21. The molecule has 1 aliphatic carbocycles. The first-order valence-corrected chi connectivity index (χ1v) is 7.98. The first-order chi connectivity index (χ1) is 11.2. The lowest BCUT2D eigenvalue weighted by Crippen LogP contribution is -2.17. The lowest BCUT2D eigenvalue weighted by atomic mass is 10.2. The highest BCUT2D eigenvalue weighted by Gasteiger charge is 2.20. The summed E-state index contributed by atoms with van der Waals surface area (Å²) in [5.41, 5.74) is 2.44. The van der Waals surface area contributed by atoms with E-state index in [9.17, 15) is 4.79 Å². The molecule has 0 bridgehead atoms. The van der Waals surface area contributed by atoms with Gasteiger partial charge in [0.1, 0.15) is 5.82 Å². The summed E-state index contributed by atoms with van der Waals surface area (Å²) < 4.78 is 3.89. The number of nitrogens with zero attached hydrogens (tertiary/aromatic N) is 4. The van der Waals surface area contributed by atoms with Crippen molar-refractivity contribution >= 4 is 22.8 Å². The summed E-state index contributed by atoms with van der Waals surface area (Å²) in [6, 6.07) is 7.83. The molecule has 1 saturated carbocycles. The number of fused-ring (bicyclic) bond motifs is 1. The van der Waals surface area contributed by atoms with Crippen LogP contribution < -0.4 is 5.32 Å². The number of hydrogen-bond donors (Lipinski definition) is 1. The zero-order valence-electron chi connectivity index (χ0n) is 13.1. The van der Waals surface area contributed by atoms with E-state index < -0.39 is 0 Å². The van der Waals surface area contributed by atoms with Crippen molar-refractivity contribution in [1.29, 1.82) is 0 Å². The molecule has 0 aliphatic heterocycles. The molecule has 3 aromatic rings. The molecule has 1 aromatic carbocycles. The Morgan fingerprint density at radius 1 is 1.26 bits per heavy atom. The van der Waals surface area contributed by atoms with Gasteiger partial charge in [0.25, 0.3) is 5.91 Å². The Morgan fingerprint density at radius 2 is 2.09 bits per heavy atom. The van der Waals surface area contributed by atoms with Gasteiger partial charge in [-0.3, -0.25) is 4.79 Å². The van der Waals surface area contributed by atoms with Crippen molar-refractivity contribution in [3.63, 3.8) is 0 Å². The summed E-state index contributed by atoms with van der Waals surface area (Å²) in [4.78, 5) is 16.8. The van der Waals surface area contributed by atoms with E-state index in [1.54, 1.807) is 12.5 Å². The van der Waals surface area contributed by atoms with Crippen LogP contribution >= 0.6 is 0 Å². The topological polar surface area (TPSA) is 64.7 Å². The average Bonchev–Trinajstić information content (AvgIpc) is 3.28. The minimum Gasteiger partial charge on any atom is -0.334 e. The molecule has 0 spiro atoms. The molecule has 6 nitrogen and oxygen atoms in total. The van der Waals surface area contributed by atoms with Gasteiger partial charge in [-0.05, 0) is 31.0 Å². The third-order valence-corrected chi connectivity index (χ3v) is 4.57. The zero-order chi connectivity index (χ0) is 15.8. The zero-order valence-corrected chi connectivity index (χ0v) is 13.1. The molecule has 0 saturated heterocycles. The van der Waals surface area contributed by atoms with Gasteiger partial charge in [-0.1, -0.05) is 12.8 Å². The summed E-state index contributed by atoms with van der Waals surface area (Å²) in [5.74, 6) is 0.639. The van der Waals surface area contributed by atoms with Crippen LogP contribution in [0.5, 0.6) is 0 Å². The van der Waals surface area contributed by atoms with Crippen LogP contribution in [0.3, 0.4) is 0 Å². The molecule has 0 atom stereocenters. The second kappa shape index (κ2) is 5.53. The molecule has 1 amide bonds. The standard InChI is InChI=1S/C17H19N5O/c1-21-11-18-14-10-12(6-7-15(14)21)17(23)20-16-8-9-19-22(16)13-4-2-3-5-13/h6-11,13H,2-5H2,1H3,(H,20,23). The number of carbonyl (C=O) groups is 1. The lowest BCUT2D eigenvalue weighted by molar-refractivity contribution is 0.102. The van der Waals surface area contributed by atoms with Gasteiger partial charge < -0.3 is 9.88 Å². The van der Waals surface area contributed by atoms with Gasteiger partial charge in [0.05, 0.1) is 29.6 Å². The number of carbonyl (C=O) groups excluding carboxylic acids is 1. The molecule has 1 N–H and O–H groups in total. The number of aromatic nitrogens is 4. The third kappa shape index (κ3) is 2.50. The van der Waals surface area contributed by atoms with E-state index in [-0.39, 0.29) is 5.91 Å². The Labute approximate surface area is 134 Å². The van der Waals surface area contributed by atoms with Gasteiger partial charge in [-0.25, -0.2) is 9.67 Å². The maximum Gasteiger partial charge on any atom is 0.256 e. The van der Waals surface area contributed by atoms with Gasteiger partial charge in [-0.2, -0.15) is 5.10 Å². The van der Waals surface area contributed by atoms with E-state index in [1.165, 1.54) is 12.8 Å². The van der Waals surface area contributed by atoms with Gasteiger partial charge in [-0.15, -0.1) is 0 Å². The van der Waals surface area contributed by atoms with Crippen molar-refractivity contribution < 1.29 is 4.79 Å². The first kappa shape index (κ1) is 14.0. The fourth-order valence-corrected chi connectivity index (χ4v) is 3.32. The molecule has 2 aromatic heterocycles. The molecular formula is C17H19N5O. The average molecular weight is 309 g/mol. The highest BCUT2D eigenvalue weighted by Crippen LogP contribution is 2.31. The summed E-state index contributed by atoms with van der Waals surface area (Å²) in [6.45, 7) is 0. The van der Waals surface area contributed by atoms with E-state index in [1.807, 2.05) is 40.6 Å². The second-order valence-corrected chi connectivity index (χ2v) is 6.11. The number of hydrogen-bond acceptors (Lipinski definition) is 3. The second-order valence-electron chi connectivity index (χ2n) is 6.11. The molecular weight excluding hydrogens is 290 g/mol. The number of nitrogens with one attached hydrogen (secondary N) is 1. The molecule has 1 aliphatic rings. The Kier molecular flexibility index (Phi) is 3.37. The highest BCUT2D eigenvalue weighted by molar-refractivity contribution is 6.05. The summed E-state index contributed by atoms with van der Waals surface area (Å²) in [5, 5.41) is 7.37. The smallest absolute Gasteiger partial charge is 0.256 e. The van der Waals surface area contributed by atoms with Gasteiger partial charge in [0.15, 0.2) is 0 Å². The number of aryl methyl sites for hydroxylation is 1. The van der Waals surface area contributed by atoms with Crippen LogP contribution in [0.2, 0.25) is 0 Å². The molecule has 2 heterocycles. The summed E-state index contributed by atoms with van der Waals surface area (Å²) in [7, 11) is 1.94. The van der Waals surface area contributed by atoms with Crippen molar-refractivity contribution in [2.45, 2.75) is 31.7 Å². The number of imidazole rings is 1. The van der Waals surface area contributed by atoms with Crippen LogP contribution in [0.15, 0.2) is 36.8 Å². The van der Waals surface area contributed by atoms with Crippen LogP contribution in [0.1, 0.15) is 42.1 Å². The molecule has 1 fully saturated rings. The van der Waals surface area contributed by atoms with Crippen LogP contribution in [-0.4, -0.2) is 25.2 Å². The molecule has 0 unspecified atom stereocenters. The van der Waals surface area contributed by atoms with Gasteiger partial charge in [0, 0.05) is 18.7 Å². The Bertz CT molecular complexity index is 857. The number of benzene rings is 1. The minimum absolute atomic E-state index is 0.127. The quantitative estimate of drug-likeness (QED) is 0.808. The van der Waals surface area contributed by atoms with Gasteiger partial charge in [0.2, 0.25) is 0 Å². The Balaban J connectivity index is 1.58. The van der Waals surface area contributed by atoms with Gasteiger partial charge >= 0.3 is 0 Å². The van der Waals surface area contributed by atoms with Crippen LogP contribution in [0.4, 0.5) is 5.82 Å². The monoisotopic (exact) mass is 309 g/mol. The third-order valence-electron chi connectivity index (χ3n) is 4.57. The van der Waals surface area contributed by atoms with Crippen molar-refractivity contribution in [2.75, 3.05) is 5.32 Å². The first-order valence-electron chi connectivity index (χ1n) is 7.98. The number of amides is 1. The number of anilines is 1. The molecule has 0 radical (unpaired) electrons. The molecule has 4 rings (SSSR count). The van der Waals surface area contributed by atoms with Crippen molar-refractivity contribution in [2.24, 2.45) is 7.05 Å². The Morgan fingerprint density at radius 3 is 2.91 bits per heavy atom. The molecule has 23 heavy (non-hydrogen) atoms. The van der Waals surface area contributed by atoms with E-state index in [2.05, 4.69) is 15.4 Å².